The number of nitrogens with two attached hydrogens (primary N) is 1. The molecular weight excluding hydrogens is 210 g/mol. The average Bonchev–Trinajstić information content (AvgIpc) is 2.83. The van der Waals surface area contributed by atoms with Crippen LogP contribution in [0.2, 0.25) is 0 Å². The van der Waals surface area contributed by atoms with E-state index in [-0.39, 0.29) is 0 Å². The van der Waals surface area contributed by atoms with Crippen molar-refractivity contribution >= 4 is 11.3 Å². The minimum atomic E-state index is 0.694. The van der Waals surface area contributed by atoms with E-state index < -0.39 is 0 Å². The van der Waals surface area contributed by atoms with Gasteiger partial charge in [0.25, 0.3) is 0 Å². The highest BCUT2D eigenvalue weighted by atomic mass is 32.1. The van der Waals surface area contributed by atoms with Crippen molar-refractivity contribution in [3.63, 3.8) is 0 Å². The van der Waals surface area contributed by atoms with Gasteiger partial charge >= 0.3 is 0 Å². The van der Waals surface area contributed by atoms with Crippen LogP contribution in [0.1, 0.15) is 17.1 Å². The molecule has 0 bridgehead atoms. The van der Waals surface area contributed by atoms with Crippen molar-refractivity contribution in [3.05, 3.63) is 16.9 Å². The van der Waals surface area contributed by atoms with Crippen LogP contribution in [0.25, 0.3) is 10.6 Å². The van der Waals surface area contributed by atoms with Gasteiger partial charge in [-0.05, 0) is 19.9 Å². The quantitative estimate of drug-likeness (QED) is 0.814. The predicted octanol–water partition coefficient (Wildman–Crippen LogP) is 1.13. The molecule has 15 heavy (non-hydrogen) atoms. The van der Waals surface area contributed by atoms with Gasteiger partial charge in [-0.15, -0.1) is 10.2 Å². The highest BCUT2D eigenvalue weighted by Crippen LogP contribution is 2.25. The number of nitrogens with one attached hydrogen (secondary N) is 1. The first-order chi connectivity index (χ1) is 7.31. The van der Waals surface area contributed by atoms with Crippen molar-refractivity contribution < 1.29 is 0 Å². The maximum absolute atomic E-state index is 5.44. The van der Waals surface area contributed by atoms with Gasteiger partial charge in [0, 0.05) is 12.1 Å². The first kappa shape index (κ1) is 10.3. The summed E-state index contributed by atoms with van der Waals surface area (Å²) in [5.41, 5.74) is 7.50. The van der Waals surface area contributed by atoms with E-state index in [0.717, 1.165) is 34.1 Å². The van der Waals surface area contributed by atoms with Gasteiger partial charge in [-0.1, -0.05) is 11.3 Å². The molecule has 0 aliphatic rings. The summed E-state index contributed by atoms with van der Waals surface area (Å²) in [5.74, 6) is 0. The van der Waals surface area contributed by atoms with Crippen LogP contribution in [-0.4, -0.2) is 26.9 Å². The molecule has 0 spiro atoms. The molecule has 2 aromatic rings. The average molecular weight is 223 g/mol. The minimum absolute atomic E-state index is 0.694. The van der Waals surface area contributed by atoms with Crippen molar-refractivity contribution in [2.24, 2.45) is 5.73 Å². The Morgan fingerprint density at radius 3 is 3.00 bits per heavy atom. The monoisotopic (exact) mass is 223 g/mol. The predicted molar refractivity (Wildman–Crippen MR) is 59.6 cm³/mol. The van der Waals surface area contributed by atoms with E-state index in [1.165, 1.54) is 0 Å². The summed E-state index contributed by atoms with van der Waals surface area (Å²) in [5, 5.41) is 17.1. The zero-order valence-corrected chi connectivity index (χ0v) is 9.34. The van der Waals surface area contributed by atoms with E-state index in [9.17, 15) is 0 Å². The van der Waals surface area contributed by atoms with Gasteiger partial charge in [0.15, 0.2) is 5.01 Å². The molecule has 0 atom stereocenters. The normalized spacial score (nSPS) is 10.8. The topological polar surface area (TPSA) is 80.5 Å². The molecule has 2 rings (SSSR count). The Labute approximate surface area is 91.7 Å². The second-order valence-corrected chi connectivity index (χ2v) is 4.36. The van der Waals surface area contributed by atoms with Gasteiger partial charge in [-0.3, -0.25) is 5.10 Å². The molecule has 3 N–H and O–H groups in total. The number of aromatic amines is 1. The van der Waals surface area contributed by atoms with Crippen LogP contribution in [0.4, 0.5) is 0 Å². The second kappa shape index (κ2) is 4.50. The molecule has 2 heterocycles. The van der Waals surface area contributed by atoms with Crippen LogP contribution >= 0.6 is 11.3 Å². The lowest BCUT2D eigenvalue weighted by Crippen LogP contribution is -1.99. The van der Waals surface area contributed by atoms with E-state index in [2.05, 4.69) is 20.4 Å². The summed E-state index contributed by atoms with van der Waals surface area (Å²) < 4.78 is 0. The fourth-order valence-electron chi connectivity index (χ4n) is 1.28. The largest absolute Gasteiger partial charge is 0.330 e. The van der Waals surface area contributed by atoms with Crippen LogP contribution in [-0.2, 0) is 6.42 Å². The molecule has 0 amide bonds. The summed E-state index contributed by atoms with van der Waals surface area (Å²) in [4.78, 5) is 0. The minimum Gasteiger partial charge on any atom is -0.330 e. The summed E-state index contributed by atoms with van der Waals surface area (Å²) in [6, 6.07) is 0. The number of rotatable bonds is 4. The Morgan fingerprint density at radius 1 is 1.47 bits per heavy atom. The smallest absolute Gasteiger partial charge is 0.151 e. The van der Waals surface area contributed by atoms with E-state index in [0.29, 0.717) is 6.54 Å². The maximum atomic E-state index is 5.44. The van der Waals surface area contributed by atoms with Gasteiger partial charge in [0.1, 0.15) is 5.01 Å². The zero-order chi connectivity index (χ0) is 10.7. The molecule has 0 radical (unpaired) electrons. The molecule has 6 heteroatoms. The highest BCUT2D eigenvalue weighted by molar-refractivity contribution is 7.14. The van der Waals surface area contributed by atoms with Gasteiger partial charge in [-0.2, -0.15) is 5.10 Å². The highest BCUT2D eigenvalue weighted by Gasteiger charge is 2.09. The van der Waals surface area contributed by atoms with Crippen molar-refractivity contribution in [1.29, 1.82) is 0 Å². The third kappa shape index (κ3) is 2.21. The first-order valence-corrected chi connectivity index (χ1v) is 5.65. The molecule has 0 aliphatic carbocycles. The lowest BCUT2D eigenvalue weighted by atomic mass is 10.3. The first-order valence-electron chi connectivity index (χ1n) is 4.84. The van der Waals surface area contributed by atoms with E-state index in [1.54, 1.807) is 17.5 Å². The molecule has 0 fully saturated rings. The number of hydrogen-bond acceptors (Lipinski definition) is 5. The number of hydrogen-bond donors (Lipinski definition) is 2. The number of aryl methyl sites for hydroxylation is 2. The molecule has 0 aliphatic heterocycles. The van der Waals surface area contributed by atoms with Crippen LogP contribution in [0.5, 0.6) is 0 Å². The van der Waals surface area contributed by atoms with E-state index in [4.69, 9.17) is 5.73 Å². The molecule has 0 unspecified atom stereocenters. The SMILES string of the molecule is Cc1[nH]ncc1-c1nnc(CCCN)s1. The summed E-state index contributed by atoms with van der Waals surface area (Å²) in [6.45, 7) is 2.67. The van der Waals surface area contributed by atoms with Crippen LogP contribution < -0.4 is 5.73 Å². The van der Waals surface area contributed by atoms with Crippen molar-refractivity contribution in [1.82, 2.24) is 20.4 Å². The second-order valence-electron chi connectivity index (χ2n) is 3.30. The van der Waals surface area contributed by atoms with Gasteiger partial charge in [0.05, 0.1) is 11.8 Å². The Morgan fingerprint density at radius 2 is 2.33 bits per heavy atom. The lowest BCUT2D eigenvalue weighted by Gasteiger charge is -1.90. The molecule has 0 saturated heterocycles. The molecule has 80 valence electrons. The van der Waals surface area contributed by atoms with Gasteiger partial charge in [-0.25, -0.2) is 0 Å². The van der Waals surface area contributed by atoms with Crippen molar-refractivity contribution in [2.75, 3.05) is 6.54 Å². The molecule has 0 saturated carbocycles. The summed E-state index contributed by atoms with van der Waals surface area (Å²) in [6.07, 6.45) is 3.65. The zero-order valence-electron chi connectivity index (χ0n) is 8.53. The standard InChI is InChI=1S/C9H13N5S/c1-6-7(5-11-12-6)9-14-13-8(15-9)3-2-4-10/h5H,2-4,10H2,1H3,(H,11,12). The van der Waals surface area contributed by atoms with E-state index in [1.807, 2.05) is 6.92 Å². The molecule has 5 nitrogen and oxygen atoms in total. The number of H-pyrrole nitrogens is 1. The van der Waals surface area contributed by atoms with E-state index >= 15 is 0 Å². The molecule has 0 aromatic carbocycles. The van der Waals surface area contributed by atoms with Crippen molar-refractivity contribution in [3.8, 4) is 10.6 Å². The maximum Gasteiger partial charge on any atom is 0.151 e. The lowest BCUT2D eigenvalue weighted by molar-refractivity contribution is 0.812. The summed E-state index contributed by atoms with van der Waals surface area (Å²) in [7, 11) is 0. The third-order valence-corrected chi connectivity index (χ3v) is 3.14. The Bertz CT molecular complexity index is 433. The fourth-order valence-corrected chi connectivity index (χ4v) is 2.23. The Kier molecular flexibility index (Phi) is 3.08. The van der Waals surface area contributed by atoms with Crippen molar-refractivity contribution in [2.45, 2.75) is 19.8 Å². The van der Waals surface area contributed by atoms with Crippen LogP contribution in [0, 0.1) is 6.92 Å². The van der Waals surface area contributed by atoms with Gasteiger partial charge in [0.2, 0.25) is 0 Å². The number of aromatic nitrogens is 4. The van der Waals surface area contributed by atoms with Crippen LogP contribution in [0.15, 0.2) is 6.20 Å². The number of nitrogens with zero attached hydrogens (tertiary/aromatic N) is 3. The Hall–Kier alpha value is -1.27. The summed E-state index contributed by atoms with van der Waals surface area (Å²) >= 11 is 1.61. The molecular formula is C9H13N5S. The fraction of sp³-hybridized carbons (Fsp3) is 0.444. The molecule has 2 aromatic heterocycles. The van der Waals surface area contributed by atoms with Crippen LogP contribution in [0.3, 0.4) is 0 Å². The third-order valence-electron chi connectivity index (χ3n) is 2.12. The Balaban J connectivity index is 2.17. The van der Waals surface area contributed by atoms with Gasteiger partial charge < -0.3 is 5.73 Å².